The predicted molar refractivity (Wildman–Crippen MR) is 51.8 cm³/mol. The first-order chi connectivity index (χ1) is 6.33. The number of hydrogen-bond acceptors (Lipinski definition) is 3. The largest absolute Gasteiger partial charge is 0.493 e. The van der Waals surface area contributed by atoms with Crippen LogP contribution in [0.2, 0.25) is 0 Å². The van der Waals surface area contributed by atoms with E-state index in [4.69, 9.17) is 10.5 Å². The maximum Gasteiger partial charge on any atom is 0.159 e. The minimum Gasteiger partial charge on any atom is -0.493 e. The van der Waals surface area contributed by atoms with Crippen LogP contribution in [0.15, 0.2) is 6.20 Å². The van der Waals surface area contributed by atoms with Gasteiger partial charge in [0.15, 0.2) is 5.75 Å². The van der Waals surface area contributed by atoms with Gasteiger partial charge in [0.1, 0.15) is 0 Å². The Labute approximate surface area is 78.7 Å². The van der Waals surface area contributed by atoms with Gasteiger partial charge < -0.3 is 10.5 Å². The molecule has 1 aromatic heterocycles. The summed E-state index contributed by atoms with van der Waals surface area (Å²) in [5.41, 5.74) is 6.61. The lowest BCUT2D eigenvalue weighted by Gasteiger charge is -2.05. The molecule has 1 aromatic rings. The highest BCUT2D eigenvalue weighted by atomic mass is 16.5. The van der Waals surface area contributed by atoms with E-state index >= 15 is 0 Å². The SMILES string of the molecule is CCn1ncc(OC)c1CCCN. The number of rotatable bonds is 5. The second kappa shape index (κ2) is 4.87. The minimum absolute atomic E-state index is 0.706. The monoisotopic (exact) mass is 183 g/mol. The lowest BCUT2D eigenvalue weighted by molar-refractivity contribution is 0.406. The first-order valence-corrected chi connectivity index (χ1v) is 4.62. The molecule has 0 atom stereocenters. The Morgan fingerprint density at radius 2 is 2.38 bits per heavy atom. The summed E-state index contributed by atoms with van der Waals surface area (Å²) in [5, 5.41) is 4.21. The van der Waals surface area contributed by atoms with E-state index in [0.29, 0.717) is 6.54 Å². The highest BCUT2D eigenvalue weighted by molar-refractivity contribution is 5.25. The second-order valence-corrected chi connectivity index (χ2v) is 2.87. The van der Waals surface area contributed by atoms with E-state index in [0.717, 1.165) is 30.8 Å². The third-order valence-electron chi connectivity index (χ3n) is 2.05. The Morgan fingerprint density at radius 1 is 1.62 bits per heavy atom. The number of nitrogens with two attached hydrogens (primary N) is 1. The van der Waals surface area contributed by atoms with Crippen molar-refractivity contribution in [2.24, 2.45) is 5.73 Å². The van der Waals surface area contributed by atoms with E-state index in [9.17, 15) is 0 Å². The molecule has 4 nitrogen and oxygen atoms in total. The topological polar surface area (TPSA) is 53.1 Å². The number of methoxy groups -OCH3 is 1. The molecule has 0 bridgehead atoms. The van der Waals surface area contributed by atoms with Crippen LogP contribution in [0.3, 0.4) is 0 Å². The molecule has 4 heteroatoms. The number of nitrogens with zero attached hydrogens (tertiary/aromatic N) is 2. The molecular formula is C9H17N3O. The summed E-state index contributed by atoms with van der Waals surface area (Å²) in [6.45, 7) is 3.65. The van der Waals surface area contributed by atoms with Crippen LogP contribution in [0.5, 0.6) is 5.75 Å². The van der Waals surface area contributed by atoms with Crippen LogP contribution in [0.25, 0.3) is 0 Å². The zero-order valence-electron chi connectivity index (χ0n) is 8.29. The van der Waals surface area contributed by atoms with Crippen molar-refractivity contribution < 1.29 is 4.74 Å². The predicted octanol–water partition coefficient (Wildman–Crippen LogP) is 0.803. The van der Waals surface area contributed by atoms with Crippen LogP contribution < -0.4 is 10.5 Å². The average Bonchev–Trinajstić information content (AvgIpc) is 2.56. The molecule has 0 aliphatic carbocycles. The third-order valence-corrected chi connectivity index (χ3v) is 2.05. The van der Waals surface area contributed by atoms with Crippen LogP contribution in [-0.2, 0) is 13.0 Å². The highest BCUT2D eigenvalue weighted by Gasteiger charge is 2.08. The van der Waals surface area contributed by atoms with E-state index in [1.165, 1.54) is 0 Å². The van der Waals surface area contributed by atoms with E-state index in [2.05, 4.69) is 12.0 Å². The molecule has 0 radical (unpaired) electrons. The molecule has 2 N–H and O–H groups in total. The average molecular weight is 183 g/mol. The van der Waals surface area contributed by atoms with Gasteiger partial charge in [-0.05, 0) is 26.3 Å². The molecule has 0 aromatic carbocycles. The summed E-state index contributed by atoms with van der Waals surface area (Å²) in [6.07, 6.45) is 3.67. The van der Waals surface area contributed by atoms with Crippen molar-refractivity contribution >= 4 is 0 Å². The van der Waals surface area contributed by atoms with Gasteiger partial charge in [0.2, 0.25) is 0 Å². The van der Waals surface area contributed by atoms with Crippen LogP contribution >= 0.6 is 0 Å². The minimum atomic E-state index is 0.706. The summed E-state index contributed by atoms with van der Waals surface area (Å²) in [6, 6.07) is 0. The fourth-order valence-electron chi connectivity index (χ4n) is 1.36. The number of ether oxygens (including phenoxy) is 1. The van der Waals surface area contributed by atoms with Gasteiger partial charge in [-0.3, -0.25) is 4.68 Å². The molecule has 0 amide bonds. The van der Waals surface area contributed by atoms with Crippen molar-refractivity contribution in [1.29, 1.82) is 0 Å². The number of aryl methyl sites for hydroxylation is 1. The van der Waals surface area contributed by atoms with Gasteiger partial charge in [0.05, 0.1) is 19.0 Å². The normalized spacial score (nSPS) is 10.4. The standard InChI is InChI=1S/C9H17N3O/c1-3-12-8(5-4-6-10)9(13-2)7-11-12/h7H,3-6,10H2,1-2H3. The van der Waals surface area contributed by atoms with E-state index < -0.39 is 0 Å². The number of aromatic nitrogens is 2. The van der Waals surface area contributed by atoms with Crippen molar-refractivity contribution in [3.8, 4) is 5.75 Å². The summed E-state index contributed by atoms with van der Waals surface area (Å²) in [4.78, 5) is 0. The van der Waals surface area contributed by atoms with Gasteiger partial charge in [-0.2, -0.15) is 5.10 Å². The van der Waals surface area contributed by atoms with E-state index in [-0.39, 0.29) is 0 Å². The van der Waals surface area contributed by atoms with Crippen LogP contribution in [-0.4, -0.2) is 23.4 Å². The molecule has 74 valence electrons. The Hall–Kier alpha value is -1.03. The smallest absolute Gasteiger partial charge is 0.159 e. The van der Waals surface area contributed by atoms with Crippen molar-refractivity contribution in [1.82, 2.24) is 9.78 Å². The molecular weight excluding hydrogens is 166 g/mol. The molecule has 0 fully saturated rings. The Bertz CT molecular complexity index is 236. The first kappa shape index (κ1) is 10.1. The van der Waals surface area contributed by atoms with Crippen molar-refractivity contribution in [3.05, 3.63) is 11.9 Å². The molecule has 0 aliphatic rings. The summed E-state index contributed by atoms with van der Waals surface area (Å²) < 4.78 is 7.15. The molecule has 0 saturated carbocycles. The van der Waals surface area contributed by atoms with Gasteiger partial charge in [-0.1, -0.05) is 0 Å². The maximum atomic E-state index is 5.46. The van der Waals surface area contributed by atoms with E-state index in [1.807, 2.05) is 4.68 Å². The second-order valence-electron chi connectivity index (χ2n) is 2.87. The molecule has 13 heavy (non-hydrogen) atoms. The van der Waals surface area contributed by atoms with Crippen molar-refractivity contribution in [2.45, 2.75) is 26.3 Å². The van der Waals surface area contributed by atoms with E-state index in [1.54, 1.807) is 13.3 Å². The van der Waals surface area contributed by atoms with Crippen molar-refractivity contribution in [2.75, 3.05) is 13.7 Å². The summed E-state index contributed by atoms with van der Waals surface area (Å²) in [5.74, 6) is 0.871. The first-order valence-electron chi connectivity index (χ1n) is 4.62. The molecule has 0 unspecified atom stereocenters. The maximum absolute atomic E-state index is 5.46. The van der Waals surface area contributed by atoms with Crippen LogP contribution in [0, 0.1) is 0 Å². The Morgan fingerprint density at radius 3 is 2.92 bits per heavy atom. The molecule has 1 heterocycles. The molecule has 1 rings (SSSR count). The molecule has 0 spiro atoms. The van der Waals surface area contributed by atoms with Gasteiger partial charge in [-0.15, -0.1) is 0 Å². The molecule has 0 aliphatic heterocycles. The lowest BCUT2D eigenvalue weighted by atomic mass is 10.2. The Kier molecular flexibility index (Phi) is 3.76. The molecule has 0 saturated heterocycles. The number of hydrogen-bond donors (Lipinski definition) is 1. The highest BCUT2D eigenvalue weighted by Crippen LogP contribution is 2.18. The Balaban J connectivity index is 2.78. The van der Waals surface area contributed by atoms with Crippen LogP contribution in [0.1, 0.15) is 19.0 Å². The third kappa shape index (κ3) is 2.21. The summed E-state index contributed by atoms with van der Waals surface area (Å²) >= 11 is 0. The van der Waals surface area contributed by atoms with Gasteiger partial charge in [0.25, 0.3) is 0 Å². The van der Waals surface area contributed by atoms with Gasteiger partial charge in [-0.25, -0.2) is 0 Å². The zero-order chi connectivity index (χ0) is 9.68. The quantitative estimate of drug-likeness (QED) is 0.734. The summed E-state index contributed by atoms with van der Waals surface area (Å²) in [7, 11) is 1.67. The zero-order valence-corrected chi connectivity index (χ0v) is 8.29. The fraction of sp³-hybridized carbons (Fsp3) is 0.667. The van der Waals surface area contributed by atoms with Crippen molar-refractivity contribution in [3.63, 3.8) is 0 Å². The fourth-order valence-corrected chi connectivity index (χ4v) is 1.36. The van der Waals surface area contributed by atoms with Gasteiger partial charge >= 0.3 is 0 Å². The van der Waals surface area contributed by atoms with Crippen LogP contribution in [0.4, 0.5) is 0 Å². The van der Waals surface area contributed by atoms with Gasteiger partial charge in [0, 0.05) is 6.54 Å². The lowest BCUT2D eigenvalue weighted by Crippen LogP contribution is -2.07.